The van der Waals surface area contributed by atoms with Crippen LogP contribution in [-0.4, -0.2) is 63.3 Å². The van der Waals surface area contributed by atoms with Crippen LogP contribution < -0.4 is 10.5 Å². The van der Waals surface area contributed by atoms with Gasteiger partial charge in [0.15, 0.2) is 5.58 Å². The normalized spacial score (nSPS) is 18.8. The topological polar surface area (TPSA) is 100.0 Å². The Morgan fingerprint density at radius 3 is 2.59 bits per heavy atom. The zero-order valence-electron chi connectivity index (χ0n) is 26.2. The largest absolute Gasteiger partial charge is 0.411 e. The third kappa shape index (κ3) is 6.04. The molecule has 11 heteroatoms. The average molecular weight is 631 g/mol. The smallest absolute Gasteiger partial charge is 0.256 e. The van der Waals surface area contributed by atoms with E-state index in [4.69, 9.17) is 9.51 Å². The monoisotopic (exact) mass is 630 g/mol. The van der Waals surface area contributed by atoms with Crippen molar-refractivity contribution >= 4 is 22.4 Å². The van der Waals surface area contributed by atoms with Gasteiger partial charge in [-0.2, -0.15) is 0 Å². The zero-order chi connectivity index (χ0) is 31.8. The van der Waals surface area contributed by atoms with E-state index in [2.05, 4.69) is 20.1 Å². The first-order valence-corrected chi connectivity index (χ1v) is 16.5. The molecule has 2 aromatic carbocycles. The van der Waals surface area contributed by atoms with Gasteiger partial charge in [-0.15, -0.1) is 0 Å². The van der Waals surface area contributed by atoms with E-state index in [-0.39, 0.29) is 29.0 Å². The van der Waals surface area contributed by atoms with Gasteiger partial charge < -0.3 is 19.5 Å². The van der Waals surface area contributed by atoms with Crippen LogP contribution in [-0.2, 0) is 19.4 Å². The Morgan fingerprint density at radius 1 is 1.00 bits per heavy atom. The number of hydrogen-bond donors (Lipinski definition) is 1. The molecule has 0 atom stereocenters. The molecule has 0 saturated carbocycles. The van der Waals surface area contributed by atoms with E-state index in [1.807, 2.05) is 17.6 Å². The van der Waals surface area contributed by atoms with Crippen LogP contribution >= 0.6 is 0 Å². The second kappa shape index (κ2) is 12.9. The third-order valence-electron chi connectivity index (χ3n) is 10.2. The number of halogens is 2. The Labute approximate surface area is 266 Å². The van der Waals surface area contributed by atoms with Gasteiger partial charge in [-0.25, -0.2) is 13.8 Å². The summed E-state index contributed by atoms with van der Waals surface area (Å²) >= 11 is 0. The molecule has 1 N–H and O–H groups in total. The van der Waals surface area contributed by atoms with Crippen LogP contribution in [0.1, 0.15) is 72.8 Å². The Kier molecular flexibility index (Phi) is 8.59. The summed E-state index contributed by atoms with van der Waals surface area (Å²) in [4.78, 5) is 22.4. The lowest BCUT2D eigenvalue weighted by molar-refractivity contribution is 0.208. The van der Waals surface area contributed by atoms with E-state index in [0.29, 0.717) is 36.4 Å². The van der Waals surface area contributed by atoms with Crippen molar-refractivity contribution in [2.45, 2.75) is 70.8 Å². The van der Waals surface area contributed by atoms with Gasteiger partial charge >= 0.3 is 0 Å². The van der Waals surface area contributed by atoms with E-state index >= 15 is 0 Å². The number of nitrogens with zero attached hydrogens (tertiary/aromatic N) is 6. The van der Waals surface area contributed by atoms with Gasteiger partial charge in [-0.3, -0.25) is 9.36 Å². The van der Waals surface area contributed by atoms with Crippen molar-refractivity contribution in [3.8, 4) is 0 Å². The lowest BCUT2D eigenvalue weighted by Gasteiger charge is -2.34. The molecule has 2 aromatic heterocycles. The maximum absolute atomic E-state index is 15.0. The highest BCUT2D eigenvalue weighted by molar-refractivity contribution is 6.02. The molecule has 9 nitrogen and oxygen atoms in total. The molecule has 0 amide bonds. The van der Waals surface area contributed by atoms with Gasteiger partial charge in [0.05, 0.1) is 11.4 Å². The van der Waals surface area contributed by atoms with Crippen LogP contribution in [0.25, 0.3) is 11.0 Å². The molecule has 0 aliphatic carbocycles. The first-order valence-electron chi connectivity index (χ1n) is 16.5. The summed E-state index contributed by atoms with van der Waals surface area (Å²) in [5.74, 6) is 0.373. The third-order valence-corrected chi connectivity index (χ3v) is 10.2. The van der Waals surface area contributed by atoms with Crippen LogP contribution in [0.15, 0.2) is 50.9 Å². The predicted molar refractivity (Wildman–Crippen MR) is 172 cm³/mol. The summed E-state index contributed by atoms with van der Waals surface area (Å²) in [6.45, 7) is 6.50. The molecule has 46 heavy (non-hydrogen) atoms. The fourth-order valence-corrected chi connectivity index (χ4v) is 7.63. The summed E-state index contributed by atoms with van der Waals surface area (Å²) in [6, 6.07) is 9.42. The first kappa shape index (κ1) is 30.5. The molecule has 7 rings (SSSR count). The molecule has 2 fully saturated rings. The molecule has 4 aromatic rings. The van der Waals surface area contributed by atoms with Gasteiger partial charge in [0.1, 0.15) is 17.5 Å². The van der Waals surface area contributed by atoms with Crippen LogP contribution in [0.3, 0.4) is 0 Å². The molecule has 0 spiro atoms. The second-order valence-electron chi connectivity index (χ2n) is 13.0. The maximum atomic E-state index is 15.0. The minimum absolute atomic E-state index is 0.00434. The van der Waals surface area contributed by atoms with Crippen molar-refractivity contribution in [2.75, 3.05) is 37.6 Å². The van der Waals surface area contributed by atoms with E-state index in [1.54, 1.807) is 6.07 Å². The molecule has 3 aliphatic rings. The number of rotatable bonds is 7. The van der Waals surface area contributed by atoms with Crippen LogP contribution in [0.5, 0.6) is 0 Å². The Balaban J connectivity index is 0.973. The quantitative estimate of drug-likeness (QED) is 0.156. The number of aryl methyl sites for hydroxylation is 2. The number of aromatic nitrogens is 3. The number of piperidine rings is 2. The lowest BCUT2D eigenvalue weighted by Crippen LogP contribution is -2.39. The molecule has 0 unspecified atom stereocenters. The van der Waals surface area contributed by atoms with E-state index < -0.39 is 0 Å². The van der Waals surface area contributed by atoms with Gasteiger partial charge in [-0.05, 0) is 95.3 Å². The molecular formula is C35H40F2N6O3. The summed E-state index contributed by atoms with van der Waals surface area (Å²) in [6.07, 6.45) is 6.82. The van der Waals surface area contributed by atoms with Crippen molar-refractivity contribution in [1.29, 1.82) is 0 Å². The highest BCUT2D eigenvalue weighted by atomic mass is 19.1. The second-order valence-corrected chi connectivity index (χ2v) is 13.0. The molecular weight excluding hydrogens is 590 g/mol. The summed E-state index contributed by atoms with van der Waals surface area (Å²) < 4.78 is 35.8. The van der Waals surface area contributed by atoms with Crippen LogP contribution in [0, 0.1) is 24.5 Å². The number of hydrogen-bond acceptors (Lipinski definition) is 8. The Hall–Kier alpha value is -4.12. The summed E-state index contributed by atoms with van der Waals surface area (Å²) in [7, 11) is 0. The average Bonchev–Trinajstić information content (AvgIpc) is 3.48. The van der Waals surface area contributed by atoms with E-state index in [0.717, 1.165) is 105 Å². The number of likely N-dealkylation sites (tertiary alicyclic amines) is 1. The summed E-state index contributed by atoms with van der Waals surface area (Å²) in [5.41, 5.74) is 4.95. The Bertz CT molecular complexity index is 1820. The standard InChI is InChI=1S/C35H40F2N6O3/c1-22-29(35(44)43-12-3-2-4-32(43)38-22)11-15-41-13-7-23(8-14-41)33(39-45)25-18-27(37)20-28(19-25)42-16-9-24(10-17-42)34-30-6-5-26(36)21-31(30)46-40-34/h5-6,18-21,23-24,45H,2-4,7-17H2,1H3. The minimum atomic E-state index is -0.363. The highest BCUT2D eigenvalue weighted by Gasteiger charge is 2.29. The van der Waals surface area contributed by atoms with Crippen molar-refractivity contribution in [3.63, 3.8) is 0 Å². The van der Waals surface area contributed by atoms with Crippen LogP contribution in [0.2, 0.25) is 0 Å². The van der Waals surface area contributed by atoms with Gasteiger partial charge in [-0.1, -0.05) is 10.3 Å². The van der Waals surface area contributed by atoms with Gasteiger partial charge in [0.2, 0.25) is 0 Å². The maximum Gasteiger partial charge on any atom is 0.256 e. The number of oxime groups is 1. The molecule has 242 valence electrons. The van der Waals surface area contributed by atoms with E-state index in [1.165, 1.54) is 24.3 Å². The molecule has 2 saturated heterocycles. The number of fused-ring (bicyclic) bond motifs is 2. The number of anilines is 1. The fourth-order valence-electron chi connectivity index (χ4n) is 7.63. The van der Waals surface area contributed by atoms with Crippen molar-refractivity contribution in [1.82, 2.24) is 19.6 Å². The van der Waals surface area contributed by atoms with Crippen molar-refractivity contribution < 1.29 is 18.5 Å². The lowest BCUT2D eigenvalue weighted by atomic mass is 9.87. The van der Waals surface area contributed by atoms with Crippen molar-refractivity contribution in [2.24, 2.45) is 11.1 Å². The molecule has 3 aliphatic heterocycles. The first-order chi connectivity index (χ1) is 22.4. The molecule has 0 bridgehead atoms. The molecule has 0 radical (unpaired) electrons. The van der Waals surface area contributed by atoms with Gasteiger partial charge in [0, 0.05) is 78.4 Å². The highest BCUT2D eigenvalue weighted by Crippen LogP contribution is 2.35. The van der Waals surface area contributed by atoms with E-state index in [9.17, 15) is 18.8 Å². The Morgan fingerprint density at radius 2 is 1.80 bits per heavy atom. The fraction of sp³-hybridized carbons (Fsp3) is 0.486. The van der Waals surface area contributed by atoms with Crippen LogP contribution in [0.4, 0.5) is 14.5 Å². The zero-order valence-corrected chi connectivity index (χ0v) is 26.2. The minimum Gasteiger partial charge on any atom is -0.411 e. The van der Waals surface area contributed by atoms with Gasteiger partial charge in [0.25, 0.3) is 5.56 Å². The predicted octanol–water partition coefficient (Wildman–Crippen LogP) is 5.82. The SMILES string of the molecule is Cc1nc2n(c(=O)c1CCN1CCC(C(=NO)c3cc(F)cc(N4CCC(c5noc6cc(F)ccc56)CC4)c3)CC1)CCCC2. The number of benzene rings is 2. The van der Waals surface area contributed by atoms with Crippen molar-refractivity contribution in [3.05, 3.63) is 86.7 Å². The molecule has 5 heterocycles. The summed E-state index contributed by atoms with van der Waals surface area (Å²) in [5, 5.41) is 18.9.